The van der Waals surface area contributed by atoms with Crippen molar-refractivity contribution in [1.29, 1.82) is 0 Å². The molecule has 0 aromatic heterocycles. The number of hydrogen-bond donors (Lipinski definition) is 0. The highest BCUT2D eigenvalue weighted by Gasteiger charge is 2.24. The number of cyclic esters (lactones) is 1. The second kappa shape index (κ2) is 9.25. The third-order valence-electron chi connectivity index (χ3n) is 4.57. The van der Waals surface area contributed by atoms with Gasteiger partial charge >= 0.3 is 5.97 Å². The first kappa shape index (κ1) is 21.0. The van der Waals surface area contributed by atoms with Crippen LogP contribution >= 0.6 is 23.2 Å². The van der Waals surface area contributed by atoms with Gasteiger partial charge < -0.3 is 14.2 Å². The van der Waals surface area contributed by atoms with E-state index in [1.807, 2.05) is 12.1 Å². The van der Waals surface area contributed by atoms with Crippen LogP contribution in [0.3, 0.4) is 0 Å². The highest BCUT2D eigenvalue weighted by atomic mass is 35.5. The summed E-state index contributed by atoms with van der Waals surface area (Å²) in [6, 6.07) is 19.7. The molecule has 1 aliphatic heterocycles. The summed E-state index contributed by atoms with van der Waals surface area (Å²) in [6.07, 6.45) is 1.66. The van der Waals surface area contributed by atoms with Gasteiger partial charge in [-0.1, -0.05) is 47.5 Å². The molecule has 0 radical (unpaired) electrons. The second-order valence-electron chi connectivity index (χ2n) is 6.63. The van der Waals surface area contributed by atoms with Crippen molar-refractivity contribution in [3.05, 3.63) is 99.2 Å². The molecule has 0 spiro atoms. The van der Waals surface area contributed by atoms with Crippen molar-refractivity contribution < 1.29 is 19.0 Å². The zero-order valence-electron chi connectivity index (χ0n) is 16.5. The average molecular weight is 454 g/mol. The van der Waals surface area contributed by atoms with E-state index in [0.29, 0.717) is 27.1 Å². The van der Waals surface area contributed by atoms with Crippen molar-refractivity contribution in [1.82, 2.24) is 0 Å². The van der Waals surface area contributed by atoms with E-state index in [0.717, 1.165) is 11.1 Å². The van der Waals surface area contributed by atoms with Gasteiger partial charge in [-0.25, -0.2) is 9.79 Å². The predicted octanol–water partition coefficient (Wildman–Crippen LogP) is 5.93. The third kappa shape index (κ3) is 4.90. The zero-order valence-corrected chi connectivity index (χ0v) is 18.0. The van der Waals surface area contributed by atoms with Crippen molar-refractivity contribution in [2.75, 3.05) is 7.11 Å². The number of nitrogens with zero attached hydrogens (tertiary/aromatic N) is 1. The van der Waals surface area contributed by atoms with E-state index in [9.17, 15) is 4.79 Å². The molecule has 0 fully saturated rings. The van der Waals surface area contributed by atoms with Crippen molar-refractivity contribution in [3.63, 3.8) is 0 Å². The molecule has 0 saturated heterocycles. The molecular formula is C24H17Cl2NO4. The van der Waals surface area contributed by atoms with Crippen LogP contribution in [0, 0.1) is 0 Å². The number of hydrogen-bond acceptors (Lipinski definition) is 5. The Morgan fingerprint density at radius 3 is 2.39 bits per heavy atom. The number of esters is 1. The summed E-state index contributed by atoms with van der Waals surface area (Å²) in [5.74, 6) is 1.04. The van der Waals surface area contributed by atoms with Gasteiger partial charge in [-0.15, -0.1) is 0 Å². The summed E-state index contributed by atoms with van der Waals surface area (Å²) in [4.78, 5) is 16.5. The van der Waals surface area contributed by atoms with Gasteiger partial charge in [-0.3, -0.25) is 0 Å². The maximum Gasteiger partial charge on any atom is 0.363 e. The van der Waals surface area contributed by atoms with Crippen molar-refractivity contribution in [3.8, 4) is 11.5 Å². The van der Waals surface area contributed by atoms with E-state index in [4.69, 9.17) is 37.4 Å². The van der Waals surface area contributed by atoms with Crippen molar-refractivity contribution in [2.24, 2.45) is 4.99 Å². The number of carbonyl (C=O) groups excluding carboxylic acids is 1. The smallest absolute Gasteiger partial charge is 0.363 e. The summed E-state index contributed by atoms with van der Waals surface area (Å²) in [6.45, 7) is 0.249. The average Bonchev–Trinajstić information content (AvgIpc) is 3.15. The molecule has 1 heterocycles. The van der Waals surface area contributed by atoms with E-state index in [1.54, 1.807) is 67.8 Å². The normalized spacial score (nSPS) is 14.4. The number of methoxy groups -OCH3 is 1. The minimum Gasteiger partial charge on any atom is -0.497 e. The summed E-state index contributed by atoms with van der Waals surface area (Å²) in [5, 5.41) is 1.11. The lowest BCUT2D eigenvalue weighted by atomic mass is 10.2. The Morgan fingerprint density at radius 2 is 1.68 bits per heavy atom. The maximum atomic E-state index is 12.2. The lowest BCUT2D eigenvalue weighted by Crippen LogP contribution is -2.05. The van der Waals surface area contributed by atoms with Gasteiger partial charge in [0.25, 0.3) is 0 Å². The molecule has 3 aromatic carbocycles. The molecule has 3 aromatic rings. The van der Waals surface area contributed by atoms with Gasteiger partial charge in [-0.2, -0.15) is 0 Å². The molecule has 0 saturated carbocycles. The molecule has 0 bridgehead atoms. The largest absolute Gasteiger partial charge is 0.497 e. The Bertz CT molecular complexity index is 1170. The Morgan fingerprint density at radius 1 is 0.968 bits per heavy atom. The second-order valence-corrected chi connectivity index (χ2v) is 7.44. The lowest BCUT2D eigenvalue weighted by molar-refractivity contribution is -0.129. The number of benzene rings is 3. The van der Waals surface area contributed by atoms with Crippen LogP contribution in [0.4, 0.5) is 0 Å². The first-order valence-corrected chi connectivity index (χ1v) is 10.1. The van der Waals surface area contributed by atoms with Gasteiger partial charge in [0.05, 0.1) is 7.11 Å². The number of halogens is 2. The third-order valence-corrected chi connectivity index (χ3v) is 5.27. The lowest BCUT2D eigenvalue weighted by Gasteiger charge is -2.09. The van der Waals surface area contributed by atoms with Crippen LogP contribution < -0.4 is 9.47 Å². The van der Waals surface area contributed by atoms with E-state index in [1.165, 1.54) is 0 Å². The van der Waals surface area contributed by atoms with Crippen LogP contribution in [0.2, 0.25) is 10.0 Å². The molecule has 0 aliphatic carbocycles. The fraction of sp³-hybridized carbons (Fsp3) is 0.0833. The highest BCUT2D eigenvalue weighted by molar-refractivity contribution is 6.35. The standard InChI is InChI=1S/C24H17Cl2NO4/c1-29-18-5-2-4-16(13-18)23-27-22(24(28)31-23)12-15-8-10-17(11-9-15)30-14-19-20(25)6-3-7-21(19)26/h2-13H,14H2,1H3. The Kier molecular flexibility index (Phi) is 6.26. The topological polar surface area (TPSA) is 57.1 Å². The summed E-state index contributed by atoms with van der Waals surface area (Å²) >= 11 is 12.3. The summed E-state index contributed by atoms with van der Waals surface area (Å²) in [5.41, 5.74) is 2.39. The Labute approximate surface area is 189 Å². The first-order chi connectivity index (χ1) is 15.0. The van der Waals surface area contributed by atoms with E-state index < -0.39 is 5.97 Å². The van der Waals surface area contributed by atoms with Gasteiger partial charge in [0.2, 0.25) is 5.90 Å². The molecule has 4 rings (SSSR count). The molecule has 0 amide bonds. The molecular weight excluding hydrogens is 437 g/mol. The number of ether oxygens (including phenoxy) is 3. The van der Waals surface area contributed by atoms with Crippen LogP contribution in [-0.2, 0) is 16.1 Å². The molecule has 0 unspecified atom stereocenters. The highest BCUT2D eigenvalue weighted by Crippen LogP contribution is 2.26. The molecule has 1 aliphatic rings. The zero-order chi connectivity index (χ0) is 21.8. The van der Waals surface area contributed by atoms with Gasteiger partial charge in [0, 0.05) is 21.2 Å². The molecule has 7 heteroatoms. The SMILES string of the molecule is COc1cccc(C2=NC(=Cc3ccc(OCc4c(Cl)cccc4Cl)cc3)C(=O)O2)c1. The van der Waals surface area contributed by atoms with Crippen molar-refractivity contribution in [2.45, 2.75) is 6.61 Å². The minimum atomic E-state index is -0.508. The Balaban J connectivity index is 1.47. The fourth-order valence-electron chi connectivity index (χ4n) is 2.93. The van der Waals surface area contributed by atoms with E-state index in [2.05, 4.69) is 4.99 Å². The van der Waals surface area contributed by atoms with Gasteiger partial charge in [0.15, 0.2) is 5.70 Å². The summed E-state index contributed by atoms with van der Waals surface area (Å²) in [7, 11) is 1.57. The van der Waals surface area contributed by atoms with E-state index in [-0.39, 0.29) is 18.2 Å². The van der Waals surface area contributed by atoms with Gasteiger partial charge in [-0.05, 0) is 54.1 Å². The molecule has 0 N–H and O–H groups in total. The quantitative estimate of drug-likeness (QED) is 0.343. The summed E-state index contributed by atoms with van der Waals surface area (Å²) < 4.78 is 16.3. The molecule has 0 atom stereocenters. The van der Waals surface area contributed by atoms with Crippen LogP contribution in [0.15, 0.2) is 77.4 Å². The first-order valence-electron chi connectivity index (χ1n) is 9.36. The van der Waals surface area contributed by atoms with Crippen LogP contribution in [0.25, 0.3) is 6.08 Å². The van der Waals surface area contributed by atoms with Crippen LogP contribution in [-0.4, -0.2) is 19.0 Å². The predicted molar refractivity (Wildman–Crippen MR) is 121 cm³/mol. The monoisotopic (exact) mass is 453 g/mol. The van der Waals surface area contributed by atoms with Gasteiger partial charge in [0.1, 0.15) is 18.1 Å². The maximum absolute atomic E-state index is 12.2. The van der Waals surface area contributed by atoms with E-state index >= 15 is 0 Å². The van der Waals surface area contributed by atoms with Crippen molar-refractivity contribution >= 4 is 41.1 Å². The number of carbonyl (C=O) groups is 1. The molecule has 31 heavy (non-hydrogen) atoms. The fourth-order valence-corrected chi connectivity index (χ4v) is 3.44. The number of rotatable bonds is 6. The minimum absolute atomic E-state index is 0.217. The van der Waals surface area contributed by atoms with Crippen LogP contribution in [0.1, 0.15) is 16.7 Å². The Hall–Kier alpha value is -3.28. The molecule has 5 nitrogen and oxygen atoms in total. The number of aliphatic imine (C=N–C) groups is 1. The molecule has 156 valence electrons. The van der Waals surface area contributed by atoms with Crippen LogP contribution in [0.5, 0.6) is 11.5 Å².